The maximum absolute atomic E-state index is 14.2. The third-order valence-corrected chi connectivity index (χ3v) is 6.06. The van der Waals surface area contributed by atoms with Gasteiger partial charge in [0.15, 0.2) is 5.96 Å². The second kappa shape index (κ2) is 12.5. The van der Waals surface area contributed by atoms with E-state index in [1.807, 2.05) is 0 Å². The number of likely N-dealkylation sites (N-methyl/N-ethyl adjacent to an activating group) is 2. The molecule has 0 bridgehead atoms. The van der Waals surface area contributed by atoms with Crippen molar-refractivity contribution in [3.63, 3.8) is 0 Å². The standard InChI is InChI=1S/C22H34F2N6O.HI/c1-4-29-11-6-7-17(29)13-25-22(26-14-20(31)28(2)3)27-16-10-12-30(15-16)21-18(23)8-5-9-19(21)24;/h5,8-9,16-17H,4,6-7,10-15H2,1-3H3,(H2,25,26,27);1H. The average Bonchev–Trinajstić information content (AvgIpc) is 3.38. The van der Waals surface area contributed by atoms with Crippen LogP contribution in [0, 0.1) is 11.6 Å². The van der Waals surface area contributed by atoms with Crippen LogP contribution in [0.25, 0.3) is 0 Å². The van der Waals surface area contributed by atoms with E-state index in [2.05, 4.69) is 27.4 Å². The Kier molecular flexibility index (Phi) is 10.4. The zero-order chi connectivity index (χ0) is 22.4. The number of rotatable bonds is 7. The predicted octanol–water partition coefficient (Wildman–Crippen LogP) is 2.27. The van der Waals surface area contributed by atoms with Crippen molar-refractivity contribution in [1.82, 2.24) is 20.4 Å². The molecule has 2 unspecified atom stereocenters. The number of likely N-dealkylation sites (tertiary alicyclic amines) is 1. The first-order valence-electron chi connectivity index (χ1n) is 11.1. The predicted molar refractivity (Wildman–Crippen MR) is 135 cm³/mol. The minimum absolute atomic E-state index is 0. The van der Waals surface area contributed by atoms with Crippen LogP contribution in [-0.4, -0.2) is 87.1 Å². The number of carbonyl (C=O) groups excluding carboxylic acids is 1. The van der Waals surface area contributed by atoms with Gasteiger partial charge in [-0.2, -0.15) is 0 Å². The summed E-state index contributed by atoms with van der Waals surface area (Å²) >= 11 is 0. The highest BCUT2D eigenvalue weighted by molar-refractivity contribution is 14.0. The lowest BCUT2D eigenvalue weighted by molar-refractivity contribution is -0.127. The molecule has 7 nitrogen and oxygen atoms in total. The van der Waals surface area contributed by atoms with Crippen molar-refractivity contribution in [3.8, 4) is 0 Å². The van der Waals surface area contributed by atoms with Crippen LogP contribution in [0.4, 0.5) is 14.5 Å². The lowest BCUT2D eigenvalue weighted by atomic mass is 10.2. The molecule has 0 spiro atoms. The van der Waals surface area contributed by atoms with Crippen molar-refractivity contribution >= 4 is 41.5 Å². The van der Waals surface area contributed by atoms with Gasteiger partial charge < -0.3 is 20.4 Å². The number of nitrogens with zero attached hydrogens (tertiary/aromatic N) is 4. The van der Waals surface area contributed by atoms with Gasteiger partial charge in [0, 0.05) is 45.8 Å². The minimum atomic E-state index is -0.551. The Bertz CT molecular complexity index is 773. The number of hydrogen-bond acceptors (Lipinski definition) is 4. The fourth-order valence-corrected chi connectivity index (χ4v) is 4.26. The van der Waals surface area contributed by atoms with Gasteiger partial charge in [-0.1, -0.05) is 13.0 Å². The van der Waals surface area contributed by atoms with Gasteiger partial charge in [-0.05, 0) is 44.5 Å². The maximum atomic E-state index is 14.2. The first-order chi connectivity index (χ1) is 14.9. The Labute approximate surface area is 206 Å². The summed E-state index contributed by atoms with van der Waals surface area (Å²) in [5, 5.41) is 6.75. The summed E-state index contributed by atoms with van der Waals surface area (Å²) in [5.41, 5.74) is 0.0191. The average molecular weight is 564 g/mol. The number of guanidine groups is 1. The largest absolute Gasteiger partial charge is 0.365 e. The topological polar surface area (TPSA) is 63.2 Å². The van der Waals surface area contributed by atoms with Gasteiger partial charge in [-0.25, -0.2) is 13.8 Å². The van der Waals surface area contributed by atoms with Crippen molar-refractivity contribution in [2.75, 3.05) is 58.3 Å². The van der Waals surface area contributed by atoms with Crippen LogP contribution in [0.5, 0.6) is 0 Å². The molecule has 180 valence electrons. The van der Waals surface area contributed by atoms with Crippen LogP contribution in [0.3, 0.4) is 0 Å². The summed E-state index contributed by atoms with van der Waals surface area (Å²) in [6, 6.07) is 4.35. The van der Waals surface area contributed by atoms with E-state index < -0.39 is 11.6 Å². The monoisotopic (exact) mass is 564 g/mol. The molecule has 0 aliphatic carbocycles. The summed E-state index contributed by atoms with van der Waals surface area (Å²) in [4.78, 5) is 22.2. The number of halogens is 3. The van der Waals surface area contributed by atoms with Gasteiger partial charge >= 0.3 is 0 Å². The summed E-state index contributed by atoms with van der Waals surface area (Å²) in [6.45, 7) is 6.08. The molecule has 0 saturated carbocycles. The van der Waals surface area contributed by atoms with Gasteiger partial charge in [0.25, 0.3) is 0 Å². The third kappa shape index (κ3) is 6.90. The molecule has 0 aromatic heterocycles. The molecule has 10 heteroatoms. The number of carbonyl (C=O) groups is 1. The van der Waals surface area contributed by atoms with Gasteiger partial charge in [-0.15, -0.1) is 24.0 Å². The van der Waals surface area contributed by atoms with Gasteiger partial charge in [0.05, 0.1) is 0 Å². The quantitative estimate of drug-likeness (QED) is 0.303. The Morgan fingerprint density at radius 1 is 1.22 bits per heavy atom. The number of para-hydroxylation sites is 1. The lowest BCUT2D eigenvalue weighted by Gasteiger charge is -2.25. The van der Waals surface area contributed by atoms with E-state index >= 15 is 0 Å². The number of amides is 1. The van der Waals surface area contributed by atoms with Crippen LogP contribution in [0.1, 0.15) is 26.2 Å². The van der Waals surface area contributed by atoms with Crippen LogP contribution in [-0.2, 0) is 4.79 Å². The molecule has 2 aliphatic heterocycles. The highest BCUT2D eigenvalue weighted by Gasteiger charge is 2.28. The zero-order valence-electron chi connectivity index (χ0n) is 19.1. The molecular weight excluding hydrogens is 529 g/mol. The Morgan fingerprint density at radius 3 is 2.59 bits per heavy atom. The molecule has 2 fully saturated rings. The third-order valence-electron chi connectivity index (χ3n) is 6.06. The lowest BCUT2D eigenvalue weighted by Crippen LogP contribution is -2.49. The van der Waals surface area contributed by atoms with E-state index in [-0.39, 0.29) is 48.2 Å². The zero-order valence-corrected chi connectivity index (χ0v) is 21.4. The molecule has 32 heavy (non-hydrogen) atoms. The Morgan fingerprint density at radius 2 is 1.94 bits per heavy atom. The smallest absolute Gasteiger partial charge is 0.243 e. The molecule has 2 saturated heterocycles. The highest BCUT2D eigenvalue weighted by Crippen LogP contribution is 2.26. The molecule has 0 radical (unpaired) electrons. The second-order valence-electron chi connectivity index (χ2n) is 8.40. The molecule has 2 atom stereocenters. The molecular formula is C22H35F2IN6O. The van der Waals surface area contributed by atoms with Crippen LogP contribution >= 0.6 is 24.0 Å². The summed E-state index contributed by atoms with van der Waals surface area (Å²) in [5.74, 6) is -0.618. The summed E-state index contributed by atoms with van der Waals surface area (Å²) in [7, 11) is 3.40. The summed E-state index contributed by atoms with van der Waals surface area (Å²) in [6.07, 6.45) is 3.04. The molecule has 3 rings (SSSR count). The molecule has 2 heterocycles. The van der Waals surface area contributed by atoms with Crippen LogP contribution < -0.4 is 15.5 Å². The molecule has 1 amide bonds. The summed E-state index contributed by atoms with van der Waals surface area (Å²) < 4.78 is 28.3. The van der Waals surface area contributed by atoms with Crippen molar-refractivity contribution < 1.29 is 13.6 Å². The molecule has 1 aromatic carbocycles. The number of benzene rings is 1. The van der Waals surface area contributed by atoms with Crippen molar-refractivity contribution in [1.29, 1.82) is 0 Å². The van der Waals surface area contributed by atoms with Gasteiger partial charge in [0.2, 0.25) is 5.91 Å². The van der Waals surface area contributed by atoms with Crippen molar-refractivity contribution in [3.05, 3.63) is 29.8 Å². The Balaban J connectivity index is 0.00000363. The molecule has 2 aliphatic rings. The van der Waals surface area contributed by atoms with Gasteiger partial charge in [0.1, 0.15) is 23.9 Å². The normalized spacial score (nSPS) is 21.4. The van der Waals surface area contributed by atoms with E-state index in [4.69, 9.17) is 0 Å². The fourth-order valence-electron chi connectivity index (χ4n) is 4.26. The minimum Gasteiger partial charge on any atom is -0.365 e. The Hall–Kier alpha value is -1.69. The van der Waals surface area contributed by atoms with Crippen molar-refractivity contribution in [2.45, 2.75) is 38.3 Å². The fraction of sp³-hybridized carbons (Fsp3) is 0.636. The maximum Gasteiger partial charge on any atom is 0.243 e. The second-order valence-corrected chi connectivity index (χ2v) is 8.40. The van der Waals surface area contributed by atoms with Crippen LogP contribution in [0.2, 0.25) is 0 Å². The van der Waals surface area contributed by atoms with Gasteiger partial charge in [-0.3, -0.25) is 9.69 Å². The number of nitrogens with one attached hydrogen (secondary N) is 2. The first-order valence-corrected chi connectivity index (χ1v) is 11.1. The van der Waals surface area contributed by atoms with Crippen molar-refractivity contribution in [2.24, 2.45) is 4.99 Å². The van der Waals surface area contributed by atoms with E-state index in [0.717, 1.165) is 32.5 Å². The first kappa shape index (κ1) is 26.6. The van der Waals surface area contributed by atoms with E-state index in [1.165, 1.54) is 29.5 Å². The van der Waals surface area contributed by atoms with E-state index in [9.17, 15) is 13.6 Å². The molecule has 2 N–H and O–H groups in total. The van der Waals surface area contributed by atoms with Crippen LogP contribution in [0.15, 0.2) is 23.2 Å². The number of hydrogen-bond donors (Lipinski definition) is 2. The number of aliphatic imine (C=N–C) groups is 1. The van der Waals surface area contributed by atoms with E-state index in [1.54, 1.807) is 19.0 Å². The highest BCUT2D eigenvalue weighted by atomic mass is 127. The SMILES string of the molecule is CCN1CCCC1CNC(=NCC(=O)N(C)C)NC1CCN(c2c(F)cccc2F)C1.I. The van der Waals surface area contributed by atoms with E-state index in [0.29, 0.717) is 25.1 Å². The molecule has 1 aromatic rings. The number of anilines is 1.